The zero-order valence-corrected chi connectivity index (χ0v) is 18.2. The van der Waals surface area contributed by atoms with Crippen molar-refractivity contribution < 1.29 is 9.59 Å². The van der Waals surface area contributed by atoms with Crippen LogP contribution in [0.3, 0.4) is 0 Å². The zero-order valence-electron chi connectivity index (χ0n) is 18.2. The Morgan fingerprint density at radius 1 is 1.10 bits per heavy atom. The van der Waals surface area contributed by atoms with Crippen LogP contribution in [0.25, 0.3) is 0 Å². The summed E-state index contributed by atoms with van der Waals surface area (Å²) in [5, 5.41) is 0. The van der Waals surface area contributed by atoms with Crippen LogP contribution < -0.4 is 5.56 Å². The number of hydrogen-bond donors (Lipinski definition) is 1. The van der Waals surface area contributed by atoms with E-state index >= 15 is 0 Å². The van der Waals surface area contributed by atoms with Gasteiger partial charge >= 0.3 is 0 Å². The molecule has 0 aromatic carbocycles. The normalized spacial score (nSPS) is 24.0. The van der Waals surface area contributed by atoms with Crippen LogP contribution in [0.5, 0.6) is 0 Å². The lowest BCUT2D eigenvalue weighted by atomic mass is 9.92. The number of rotatable bonds is 5. The van der Waals surface area contributed by atoms with E-state index in [1.807, 2.05) is 23.6 Å². The second kappa shape index (κ2) is 8.90. The van der Waals surface area contributed by atoms with Gasteiger partial charge in [0.25, 0.3) is 5.56 Å². The molecular formula is C23H34N4O3. The second-order valence-electron chi connectivity index (χ2n) is 9.36. The van der Waals surface area contributed by atoms with E-state index in [-0.39, 0.29) is 35.1 Å². The number of amides is 2. The first-order chi connectivity index (χ1) is 14.5. The Hall–Kier alpha value is -2.18. The molecule has 0 bridgehead atoms. The first kappa shape index (κ1) is 21.1. The van der Waals surface area contributed by atoms with Gasteiger partial charge in [-0.05, 0) is 44.9 Å². The summed E-state index contributed by atoms with van der Waals surface area (Å²) in [5.41, 5.74) is 0.698. The number of aromatic amines is 1. The third kappa shape index (κ3) is 4.60. The Morgan fingerprint density at radius 3 is 2.50 bits per heavy atom. The van der Waals surface area contributed by atoms with Crippen LogP contribution in [0.4, 0.5) is 0 Å². The molecule has 2 atom stereocenters. The van der Waals surface area contributed by atoms with Gasteiger partial charge in [0, 0.05) is 55.9 Å². The lowest BCUT2D eigenvalue weighted by Gasteiger charge is -2.34. The van der Waals surface area contributed by atoms with Crippen molar-refractivity contribution in [2.45, 2.75) is 70.6 Å². The number of aromatic nitrogens is 2. The van der Waals surface area contributed by atoms with E-state index in [2.05, 4.69) is 4.98 Å². The highest BCUT2D eigenvalue weighted by atomic mass is 16.2. The minimum atomic E-state index is -0.114. The van der Waals surface area contributed by atoms with E-state index in [9.17, 15) is 14.4 Å². The summed E-state index contributed by atoms with van der Waals surface area (Å²) < 4.78 is 0. The molecule has 2 saturated heterocycles. The van der Waals surface area contributed by atoms with Crippen molar-refractivity contribution in [3.8, 4) is 0 Å². The van der Waals surface area contributed by atoms with Crippen molar-refractivity contribution in [3.05, 3.63) is 27.9 Å². The Morgan fingerprint density at radius 2 is 1.83 bits per heavy atom. The number of hydrogen-bond acceptors (Lipinski definition) is 4. The highest BCUT2D eigenvalue weighted by Crippen LogP contribution is 2.34. The van der Waals surface area contributed by atoms with Crippen LogP contribution in [-0.4, -0.2) is 57.8 Å². The molecule has 164 valence electrons. The highest BCUT2D eigenvalue weighted by Gasteiger charge is 2.35. The van der Waals surface area contributed by atoms with Gasteiger partial charge in [-0.15, -0.1) is 0 Å². The van der Waals surface area contributed by atoms with Crippen molar-refractivity contribution in [1.82, 2.24) is 19.8 Å². The fraction of sp³-hybridized carbons (Fsp3) is 0.739. The van der Waals surface area contributed by atoms with E-state index in [1.165, 1.54) is 0 Å². The van der Waals surface area contributed by atoms with Crippen LogP contribution >= 0.6 is 0 Å². The number of carbonyl (C=O) groups is 2. The average Bonchev–Trinajstić information content (AvgIpc) is 3.63. The van der Waals surface area contributed by atoms with Crippen molar-refractivity contribution >= 4 is 11.8 Å². The number of carbonyl (C=O) groups excluding carboxylic acids is 2. The summed E-state index contributed by atoms with van der Waals surface area (Å²) in [7, 11) is 0. The van der Waals surface area contributed by atoms with Crippen molar-refractivity contribution in [2.75, 3.05) is 26.2 Å². The van der Waals surface area contributed by atoms with Crippen LogP contribution in [0.1, 0.15) is 82.1 Å². The van der Waals surface area contributed by atoms with Crippen molar-refractivity contribution in [2.24, 2.45) is 11.8 Å². The SMILES string of the molecule is CC[C@@H](C)C(=O)N1CCC[C@@H](c2cc(=O)[nH]c(C3CCN(C(=O)C4CC4)CC3)n2)C1. The molecule has 1 aromatic heterocycles. The molecule has 1 N–H and O–H groups in total. The van der Waals surface area contributed by atoms with Gasteiger partial charge in [0.05, 0.1) is 5.69 Å². The minimum absolute atomic E-state index is 0.0370. The van der Waals surface area contributed by atoms with E-state index in [4.69, 9.17) is 4.98 Å². The predicted molar refractivity (Wildman–Crippen MR) is 114 cm³/mol. The van der Waals surface area contributed by atoms with Gasteiger partial charge in [-0.25, -0.2) is 4.98 Å². The molecule has 0 radical (unpaired) electrons. The number of nitrogens with one attached hydrogen (secondary N) is 1. The van der Waals surface area contributed by atoms with Crippen LogP contribution in [0.15, 0.2) is 10.9 Å². The van der Waals surface area contributed by atoms with Crippen molar-refractivity contribution in [1.29, 1.82) is 0 Å². The number of piperidine rings is 2. The molecule has 2 amide bonds. The maximum Gasteiger partial charge on any atom is 0.251 e. The Bertz CT molecular complexity index is 839. The smallest absolute Gasteiger partial charge is 0.251 e. The zero-order chi connectivity index (χ0) is 21.3. The summed E-state index contributed by atoms with van der Waals surface area (Å²) in [5.74, 6) is 1.86. The fourth-order valence-corrected chi connectivity index (χ4v) is 4.77. The van der Waals surface area contributed by atoms with E-state index in [0.717, 1.165) is 76.1 Å². The van der Waals surface area contributed by atoms with Crippen LogP contribution in [0, 0.1) is 11.8 Å². The van der Waals surface area contributed by atoms with E-state index < -0.39 is 0 Å². The van der Waals surface area contributed by atoms with Crippen molar-refractivity contribution in [3.63, 3.8) is 0 Å². The molecular weight excluding hydrogens is 380 g/mol. The molecule has 2 aliphatic heterocycles. The van der Waals surface area contributed by atoms with Gasteiger partial charge in [-0.3, -0.25) is 14.4 Å². The Kier molecular flexibility index (Phi) is 6.25. The first-order valence-electron chi connectivity index (χ1n) is 11.6. The van der Waals surface area contributed by atoms with E-state index in [1.54, 1.807) is 6.07 Å². The summed E-state index contributed by atoms with van der Waals surface area (Å²) in [6, 6.07) is 1.61. The Balaban J connectivity index is 1.44. The maximum absolute atomic E-state index is 12.6. The summed E-state index contributed by atoms with van der Waals surface area (Å²) in [6.45, 7) is 6.95. The molecule has 3 heterocycles. The van der Waals surface area contributed by atoms with Crippen LogP contribution in [-0.2, 0) is 9.59 Å². The monoisotopic (exact) mass is 414 g/mol. The molecule has 3 aliphatic rings. The maximum atomic E-state index is 12.6. The quantitative estimate of drug-likeness (QED) is 0.802. The van der Waals surface area contributed by atoms with Gasteiger partial charge < -0.3 is 14.8 Å². The van der Waals surface area contributed by atoms with Gasteiger partial charge in [0.2, 0.25) is 11.8 Å². The lowest BCUT2D eigenvalue weighted by Crippen LogP contribution is -2.42. The summed E-state index contributed by atoms with van der Waals surface area (Å²) >= 11 is 0. The molecule has 1 aliphatic carbocycles. The van der Waals surface area contributed by atoms with Gasteiger partial charge in [-0.2, -0.15) is 0 Å². The third-order valence-corrected chi connectivity index (χ3v) is 7.09. The fourth-order valence-electron chi connectivity index (χ4n) is 4.77. The highest BCUT2D eigenvalue weighted by molar-refractivity contribution is 5.81. The number of H-pyrrole nitrogens is 1. The summed E-state index contributed by atoms with van der Waals surface area (Å²) in [6.07, 6.45) is 6.49. The molecule has 0 unspecified atom stereocenters. The standard InChI is InChI=1S/C23H34N4O3/c1-3-15(2)22(29)27-10-4-5-18(14-27)19-13-20(28)25-21(24-19)16-8-11-26(12-9-16)23(30)17-6-7-17/h13,15-18H,3-12,14H2,1-2H3,(H,24,25,28)/t15-,18-/m1/s1. The molecule has 0 spiro atoms. The topological polar surface area (TPSA) is 86.4 Å². The predicted octanol–water partition coefficient (Wildman–Crippen LogP) is 2.64. The van der Waals surface area contributed by atoms with Crippen LogP contribution in [0.2, 0.25) is 0 Å². The third-order valence-electron chi connectivity index (χ3n) is 7.09. The molecule has 7 nitrogen and oxygen atoms in total. The van der Waals surface area contributed by atoms with Gasteiger partial charge in [-0.1, -0.05) is 13.8 Å². The second-order valence-corrected chi connectivity index (χ2v) is 9.36. The average molecular weight is 415 g/mol. The van der Waals surface area contributed by atoms with E-state index in [0.29, 0.717) is 12.5 Å². The molecule has 30 heavy (non-hydrogen) atoms. The molecule has 4 rings (SSSR count). The largest absolute Gasteiger partial charge is 0.342 e. The molecule has 1 saturated carbocycles. The number of likely N-dealkylation sites (tertiary alicyclic amines) is 2. The minimum Gasteiger partial charge on any atom is -0.342 e. The lowest BCUT2D eigenvalue weighted by molar-refractivity contribution is -0.136. The Labute approximate surface area is 178 Å². The molecule has 7 heteroatoms. The summed E-state index contributed by atoms with van der Waals surface area (Å²) in [4.78, 5) is 49.1. The molecule has 3 fully saturated rings. The first-order valence-corrected chi connectivity index (χ1v) is 11.6. The van der Waals surface area contributed by atoms with Gasteiger partial charge in [0.1, 0.15) is 5.82 Å². The van der Waals surface area contributed by atoms with Gasteiger partial charge in [0.15, 0.2) is 0 Å². The number of nitrogens with zero attached hydrogens (tertiary/aromatic N) is 3. The molecule has 1 aromatic rings.